The van der Waals surface area contributed by atoms with Crippen LogP contribution in [0.15, 0.2) is 18.2 Å². The van der Waals surface area contributed by atoms with E-state index in [0.29, 0.717) is 27.8 Å². The lowest BCUT2D eigenvalue weighted by Gasteiger charge is -2.12. The monoisotopic (exact) mass is 341 g/mol. The van der Waals surface area contributed by atoms with Crippen molar-refractivity contribution in [1.82, 2.24) is 5.32 Å². The van der Waals surface area contributed by atoms with E-state index in [1.54, 1.807) is 32.4 Å². The first-order valence-corrected chi connectivity index (χ1v) is 7.70. The van der Waals surface area contributed by atoms with Crippen LogP contribution in [0.25, 0.3) is 0 Å². The van der Waals surface area contributed by atoms with E-state index in [2.05, 4.69) is 21.2 Å². The Kier molecular flexibility index (Phi) is 5.29. The number of nitrogens with one attached hydrogen (secondary N) is 1. The molecule has 110 valence electrons. The van der Waals surface area contributed by atoms with Gasteiger partial charge >= 0.3 is 0 Å². The second-order valence-corrected chi connectivity index (χ2v) is 6.35. The summed E-state index contributed by atoms with van der Waals surface area (Å²) in [5.74, 6) is 1.70. The highest BCUT2D eigenvalue weighted by Crippen LogP contribution is 2.30. The molecule has 2 rings (SSSR count). The summed E-state index contributed by atoms with van der Waals surface area (Å²) in [6.07, 6.45) is 3.49. The molecular weight excluding hydrogens is 322 g/mol. The minimum Gasteiger partial charge on any atom is -0.493 e. The fraction of sp³-hybridized carbons (Fsp3) is 0.533. The third kappa shape index (κ3) is 3.66. The Morgan fingerprint density at radius 1 is 1.30 bits per heavy atom. The minimum atomic E-state index is -0.0658. The number of benzene rings is 1. The van der Waals surface area contributed by atoms with Gasteiger partial charge in [0.25, 0.3) is 5.91 Å². The highest BCUT2D eigenvalue weighted by atomic mass is 79.9. The van der Waals surface area contributed by atoms with Gasteiger partial charge in [0.1, 0.15) is 0 Å². The predicted molar refractivity (Wildman–Crippen MR) is 81.9 cm³/mol. The molecule has 4 nitrogen and oxygen atoms in total. The van der Waals surface area contributed by atoms with Crippen molar-refractivity contribution in [3.8, 4) is 11.5 Å². The molecule has 0 spiro atoms. The molecule has 5 heteroatoms. The van der Waals surface area contributed by atoms with E-state index < -0.39 is 0 Å². The van der Waals surface area contributed by atoms with E-state index in [4.69, 9.17) is 9.47 Å². The Morgan fingerprint density at radius 2 is 2.05 bits per heavy atom. The maximum absolute atomic E-state index is 12.1. The Labute approximate surface area is 128 Å². The van der Waals surface area contributed by atoms with Crippen molar-refractivity contribution in [2.75, 3.05) is 20.8 Å². The second kappa shape index (κ2) is 6.97. The van der Waals surface area contributed by atoms with Crippen LogP contribution in [0.3, 0.4) is 0 Å². The van der Waals surface area contributed by atoms with Crippen molar-refractivity contribution >= 4 is 21.8 Å². The number of carbonyl (C=O) groups is 1. The predicted octanol–water partition coefficient (Wildman–Crippen LogP) is 3.00. The van der Waals surface area contributed by atoms with Gasteiger partial charge in [0.05, 0.1) is 14.2 Å². The van der Waals surface area contributed by atoms with E-state index >= 15 is 0 Å². The zero-order valence-corrected chi connectivity index (χ0v) is 13.4. The largest absolute Gasteiger partial charge is 0.493 e. The summed E-state index contributed by atoms with van der Waals surface area (Å²) in [6.45, 7) is 0.731. The van der Waals surface area contributed by atoms with Crippen LogP contribution in [0, 0.1) is 5.92 Å². The minimum absolute atomic E-state index is 0.0658. The van der Waals surface area contributed by atoms with Crippen LogP contribution in [0.4, 0.5) is 0 Å². The average molecular weight is 342 g/mol. The molecule has 2 unspecified atom stereocenters. The van der Waals surface area contributed by atoms with E-state index in [9.17, 15) is 4.79 Å². The summed E-state index contributed by atoms with van der Waals surface area (Å²) >= 11 is 3.62. The zero-order chi connectivity index (χ0) is 14.5. The lowest BCUT2D eigenvalue weighted by atomic mass is 10.1. The average Bonchev–Trinajstić information content (AvgIpc) is 2.89. The van der Waals surface area contributed by atoms with Gasteiger partial charge in [-0.2, -0.15) is 0 Å². The molecule has 0 heterocycles. The zero-order valence-electron chi connectivity index (χ0n) is 11.8. The van der Waals surface area contributed by atoms with Gasteiger partial charge in [0.2, 0.25) is 0 Å². The normalized spacial score (nSPS) is 21.6. The maximum atomic E-state index is 12.1. The number of amides is 1. The molecular formula is C15H20BrNO3. The lowest BCUT2D eigenvalue weighted by Crippen LogP contribution is -2.28. The third-order valence-corrected chi connectivity index (χ3v) is 4.51. The van der Waals surface area contributed by atoms with E-state index in [1.807, 2.05) is 0 Å². The van der Waals surface area contributed by atoms with Crippen LogP contribution in [-0.4, -0.2) is 31.5 Å². The molecule has 0 saturated heterocycles. The highest BCUT2D eigenvalue weighted by molar-refractivity contribution is 9.09. The number of carbonyl (C=O) groups excluding carboxylic acids is 1. The lowest BCUT2D eigenvalue weighted by molar-refractivity contribution is 0.0947. The smallest absolute Gasteiger partial charge is 0.251 e. The van der Waals surface area contributed by atoms with E-state index in [1.165, 1.54) is 12.8 Å². The Balaban J connectivity index is 1.95. The Hall–Kier alpha value is -1.23. The fourth-order valence-corrected chi connectivity index (χ4v) is 3.31. The van der Waals surface area contributed by atoms with Gasteiger partial charge < -0.3 is 14.8 Å². The van der Waals surface area contributed by atoms with Gasteiger partial charge in [0.15, 0.2) is 11.5 Å². The number of rotatable bonds is 5. The first-order chi connectivity index (χ1) is 9.63. The number of ether oxygens (including phenoxy) is 2. The summed E-state index contributed by atoms with van der Waals surface area (Å²) < 4.78 is 10.4. The molecule has 0 aliphatic heterocycles. The first kappa shape index (κ1) is 15.2. The van der Waals surface area contributed by atoms with Crippen molar-refractivity contribution in [2.24, 2.45) is 5.92 Å². The van der Waals surface area contributed by atoms with Crippen LogP contribution in [0.5, 0.6) is 11.5 Å². The van der Waals surface area contributed by atoms with Gasteiger partial charge in [-0.15, -0.1) is 0 Å². The molecule has 20 heavy (non-hydrogen) atoms. The molecule has 1 N–H and O–H groups in total. The molecule has 1 amide bonds. The quantitative estimate of drug-likeness (QED) is 0.837. The number of hydrogen-bond donors (Lipinski definition) is 1. The number of methoxy groups -OCH3 is 2. The summed E-state index contributed by atoms with van der Waals surface area (Å²) in [6, 6.07) is 5.20. The maximum Gasteiger partial charge on any atom is 0.251 e. The topological polar surface area (TPSA) is 47.6 Å². The molecule has 0 radical (unpaired) electrons. The van der Waals surface area contributed by atoms with Gasteiger partial charge in [-0.1, -0.05) is 15.9 Å². The summed E-state index contributed by atoms with van der Waals surface area (Å²) in [5, 5.41) is 2.99. The van der Waals surface area contributed by atoms with Gasteiger partial charge in [0, 0.05) is 16.9 Å². The van der Waals surface area contributed by atoms with Crippen molar-refractivity contribution in [2.45, 2.75) is 24.1 Å². The van der Waals surface area contributed by atoms with Crippen LogP contribution >= 0.6 is 15.9 Å². The fourth-order valence-electron chi connectivity index (χ4n) is 2.52. The summed E-state index contributed by atoms with van der Waals surface area (Å²) in [4.78, 5) is 12.7. The van der Waals surface area contributed by atoms with Crippen LogP contribution < -0.4 is 14.8 Å². The molecule has 1 aromatic rings. The molecule has 0 bridgehead atoms. The van der Waals surface area contributed by atoms with Crippen LogP contribution in [-0.2, 0) is 0 Å². The van der Waals surface area contributed by atoms with Gasteiger partial charge in [-0.3, -0.25) is 4.79 Å². The van der Waals surface area contributed by atoms with E-state index in [0.717, 1.165) is 13.0 Å². The number of halogens is 1. The SMILES string of the molecule is COc1ccc(C(=O)NCC2CCC(Br)C2)cc1OC. The summed E-state index contributed by atoms with van der Waals surface area (Å²) in [7, 11) is 3.14. The van der Waals surface area contributed by atoms with Crippen molar-refractivity contribution in [3.63, 3.8) is 0 Å². The third-order valence-electron chi connectivity index (χ3n) is 3.67. The molecule has 1 aliphatic rings. The molecule has 2 atom stereocenters. The molecule has 0 aromatic heterocycles. The highest BCUT2D eigenvalue weighted by Gasteiger charge is 2.23. The Morgan fingerprint density at radius 3 is 2.65 bits per heavy atom. The molecule has 1 aliphatic carbocycles. The first-order valence-electron chi connectivity index (χ1n) is 6.78. The molecule has 1 aromatic carbocycles. The van der Waals surface area contributed by atoms with Crippen molar-refractivity contribution in [3.05, 3.63) is 23.8 Å². The summed E-state index contributed by atoms with van der Waals surface area (Å²) in [5.41, 5.74) is 0.594. The van der Waals surface area contributed by atoms with Crippen LogP contribution in [0.2, 0.25) is 0 Å². The van der Waals surface area contributed by atoms with Crippen molar-refractivity contribution in [1.29, 1.82) is 0 Å². The van der Waals surface area contributed by atoms with Crippen LogP contribution in [0.1, 0.15) is 29.6 Å². The molecule has 1 fully saturated rings. The standard InChI is InChI=1S/C15H20BrNO3/c1-19-13-6-4-11(8-14(13)20-2)15(18)17-9-10-3-5-12(16)7-10/h4,6,8,10,12H,3,5,7,9H2,1-2H3,(H,17,18). The van der Waals surface area contributed by atoms with Crippen molar-refractivity contribution < 1.29 is 14.3 Å². The van der Waals surface area contributed by atoms with E-state index in [-0.39, 0.29) is 5.91 Å². The van der Waals surface area contributed by atoms with Gasteiger partial charge in [-0.25, -0.2) is 0 Å². The Bertz CT molecular complexity index is 478. The molecule has 1 saturated carbocycles. The second-order valence-electron chi connectivity index (χ2n) is 5.06. The number of hydrogen-bond acceptors (Lipinski definition) is 3. The van der Waals surface area contributed by atoms with Gasteiger partial charge in [-0.05, 0) is 43.4 Å². The number of alkyl halides is 1.